The van der Waals surface area contributed by atoms with Crippen molar-refractivity contribution in [1.29, 1.82) is 0 Å². The van der Waals surface area contributed by atoms with Crippen LogP contribution >= 0.6 is 0 Å². The molecule has 0 spiro atoms. The second-order valence-electron chi connectivity index (χ2n) is 10.6. The van der Waals surface area contributed by atoms with Gasteiger partial charge < -0.3 is 0 Å². The van der Waals surface area contributed by atoms with E-state index in [0.29, 0.717) is 0 Å². The molecule has 2 aliphatic rings. The molecular weight excluding hydrogens is 384 g/mol. The molecule has 1 atom stereocenters. The summed E-state index contributed by atoms with van der Waals surface area (Å²) in [5.41, 5.74) is 7.58. The van der Waals surface area contributed by atoms with Crippen LogP contribution in [0.15, 0.2) is 54.6 Å². The third-order valence-corrected chi connectivity index (χ3v) is 8.29. The van der Waals surface area contributed by atoms with E-state index in [-0.39, 0.29) is 0 Å². The van der Waals surface area contributed by atoms with Crippen molar-refractivity contribution < 1.29 is 0 Å². The van der Waals surface area contributed by atoms with Crippen molar-refractivity contribution in [2.45, 2.75) is 103 Å². The van der Waals surface area contributed by atoms with Gasteiger partial charge in [0, 0.05) is 0 Å². The highest BCUT2D eigenvalue weighted by atomic mass is 14.3. The number of fused-ring (bicyclic) bond motifs is 1. The van der Waals surface area contributed by atoms with Gasteiger partial charge in [0.1, 0.15) is 0 Å². The highest BCUT2D eigenvalue weighted by molar-refractivity contribution is 5.65. The van der Waals surface area contributed by atoms with Gasteiger partial charge in [0.05, 0.1) is 0 Å². The van der Waals surface area contributed by atoms with Crippen molar-refractivity contribution in [3.8, 4) is 11.1 Å². The number of unbranched alkanes of at least 4 members (excludes halogenated alkanes) is 2. The minimum atomic E-state index is 0.773. The van der Waals surface area contributed by atoms with Gasteiger partial charge in [-0.2, -0.15) is 0 Å². The third kappa shape index (κ3) is 6.15. The van der Waals surface area contributed by atoms with Gasteiger partial charge in [0.15, 0.2) is 0 Å². The van der Waals surface area contributed by atoms with Crippen LogP contribution in [0.2, 0.25) is 0 Å². The standard InChI is InChI=1S/C32H44/c1-3-5-7-9-25-11-14-27(15-12-25)28-17-19-29(20-18-28)31-22-21-30-23-26(10-8-6-4-2)13-16-32(30)24-31/h3,5,17-22,24-27H,4,6-16,23H2,1-2H3/b5-3+. The largest absolute Gasteiger partial charge is 0.0917 e. The highest BCUT2D eigenvalue weighted by Crippen LogP contribution is 2.38. The Morgan fingerprint density at radius 1 is 0.781 bits per heavy atom. The van der Waals surface area contributed by atoms with Gasteiger partial charge in [-0.15, -0.1) is 0 Å². The molecule has 1 fully saturated rings. The average Bonchev–Trinajstić information content (AvgIpc) is 2.85. The van der Waals surface area contributed by atoms with Crippen molar-refractivity contribution in [3.05, 3.63) is 71.3 Å². The fourth-order valence-corrected chi connectivity index (χ4v) is 6.17. The first-order chi connectivity index (χ1) is 15.8. The fraction of sp³-hybridized carbons (Fsp3) is 0.562. The number of rotatable bonds is 9. The van der Waals surface area contributed by atoms with E-state index in [1.54, 1.807) is 16.7 Å². The Balaban J connectivity index is 1.33. The predicted molar refractivity (Wildman–Crippen MR) is 140 cm³/mol. The first kappa shape index (κ1) is 23.3. The molecular formula is C32H44. The van der Waals surface area contributed by atoms with E-state index in [9.17, 15) is 0 Å². The van der Waals surface area contributed by atoms with E-state index < -0.39 is 0 Å². The maximum Gasteiger partial charge on any atom is -0.0162 e. The van der Waals surface area contributed by atoms with Gasteiger partial charge >= 0.3 is 0 Å². The second kappa shape index (κ2) is 11.9. The molecule has 4 rings (SSSR count). The zero-order valence-electron chi connectivity index (χ0n) is 20.6. The van der Waals surface area contributed by atoms with Crippen LogP contribution in [0, 0.1) is 11.8 Å². The summed E-state index contributed by atoms with van der Waals surface area (Å²) in [6, 6.07) is 16.9. The quantitative estimate of drug-likeness (QED) is 0.275. The van der Waals surface area contributed by atoms with Gasteiger partial charge in [0.25, 0.3) is 0 Å². The number of hydrogen-bond donors (Lipinski definition) is 0. The first-order valence-corrected chi connectivity index (χ1v) is 13.6. The molecule has 0 radical (unpaired) electrons. The molecule has 32 heavy (non-hydrogen) atoms. The lowest BCUT2D eigenvalue weighted by atomic mass is 9.77. The maximum absolute atomic E-state index is 2.49. The summed E-state index contributed by atoms with van der Waals surface area (Å²) in [5, 5.41) is 0. The monoisotopic (exact) mass is 428 g/mol. The topological polar surface area (TPSA) is 0 Å². The Labute approximate surface area is 197 Å². The minimum absolute atomic E-state index is 0.773. The smallest absolute Gasteiger partial charge is 0.0162 e. The summed E-state index contributed by atoms with van der Waals surface area (Å²) in [7, 11) is 0. The molecule has 2 aromatic rings. The molecule has 0 N–H and O–H groups in total. The molecule has 1 unspecified atom stereocenters. The molecule has 0 heterocycles. The molecule has 0 amide bonds. The predicted octanol–water partition coefficient (Wildman–Crippen LogP) is 9.67. The van der Waals surface area contributed by atoms with Crippen LogP contribution in [0.3, 0.4) is 0 Å². The summed E-state index contributed by atoms with van der Waals surface area (Å²) < 4.78 is 0. The first-order valence-electron chi connectivity index (χ1n) is 13.6. The van der Waals surface area contributed by atoms with E-state index in [0.717, 1.165) is 17.8 Å². The molecule has 0 nitrogen and oxygen atoms in total. The van der Waals surface area contributed by atoms with Crippen LogP contribution in [0.1, 0.15) is 107 Å². The number of allylic oxidation sites excluding steroid dienone is 2. The van der Waals surface area contributed by atoms with E-state index in [1.165, 1.54) is 94.6 Å². The van der Waals surface area contributed by atoms with Crippen LogP contribution in [-0.2, 0) is 12.8 Å². The summed E-state index contributed by atoms with van der Waals surface area (Å²) in [4.78, 5) is 0. The summed E-state index contributed by atoms with van der Waals surface area (Å²) in [6.07, 6.45) is 22.3. The van der Waals surface area contributed by atoms with Gasteiger partial charge in [-0.1, -0.05) is 87.2 Å². The summed E-state index contributed by atoms with van der Waals surface area (Å²) in [6.45, 7) is 4.44. The number of aryl methyl sites for hydroxylation is 1. The SMILES string of the molecule is C/C=C/CCC1CCC(c2ccc(-c3ccc4c(c3)CCC(CCCCC)C4)cc2)CC1. The lowest BCUT2D eigenvalue weighted by Gasteiger charge is -2.28. The highest BCUT2D eigenvalue weighted by Gasteiger charge is 2.22. The van der Waals surface area contributed by atoms with Crippen LogP contribution in [-0.4, -0.2) is 0 Å². The van der Waals surface area contributed by atoms with Gasteiger partial charge in [-0.25, -0.2) is 0 Å². The van der Waals surface area contributed by atoms with E-state index in [1.807, 2.05) is 0 Å². The normalized spacial score (nSPS) is 23.4. The second-order valence-corrected chi connectivity index (χ2v) is 10.6. The van der Waals surface area contributed by atoms with Crippen LogP contribution < -0.4 is 0 Å². The summed E-state index contributed by atoms with van der Waals surface area (Å²) >= 11 is 0. The Kier molecular flexibility index (Phi) is 8.66. The van der Waals surface area contributed by atoms with Crippen molar-refractivity contribution in [2.24, 2.45) is 11.8 Å². The number of hydrogen-bond acceptors (Lipinski definition) is 0. The zero-order chi connectivity index (χ0) is 22.2. The molecule has 0 aliphatic heterocycles. The van der Waals surface area contributed by atoms with Crippen molar-refractivity contribution in [2.75, 3.05) is 0 Å². The van der Waals surface area contributed by atoms with Crippen LogP contribution in [0.5, 0.6) is 0 Å². The Hall–Kier alpha value is -1.82. The molecule has 0 aromatic heterocycles. The minimum Gasteiger partial charge on any atom is -0.0917 e. The molecule has 172 valence electrons. The van der Waals surface area contributed by atoms with Gasteiger partial charge in [-0.3, -0.25) is 0 Å². The van der Waals surface area contributed by atoms with Crippen LogP contribution in [0.25, 0.3) is 11.1 Å². The van der Waals surface area contributed by atoms with Gasteiger partial charge in [0.2, 0.25) is 0 Å². The third-order valence-electron chi connectivity index (χ3n) is 8.29. The average molecular weight is 429 g/mol. The van der Waals surface area contributed by atoms with Crippen molar-refractivity contribution in [3.63, 3.8) is 0 Å². The molecule has 0 bridgehead atoms. The van der Waals surface area contributed by atoms with Gasteiger partial charge in [-0.05, 0) is 110 Å². The van der Waals surface area contributed by atoms with E-state index >= 15 is 0 Å². The van der Waals surface area contributed by atoms with Crippen molar-refractivity contribution in [1.82, 2.24) is 0 Å². The maximum atomic E-state index is 2.49. The molecule has 2 aromatic carbocycles. The lowest BCUT2D eigenvalue weighted by Crippen LogP contribution is -2.14. The Morgan fingerprint density at radius 3 is 2.31 bits per heavy atom. The zero-order valence-corrected chi connectivity index (χ0v) is 20.6. The Morgan fingerprint density at radius 2 is 1.56 bits per heavy atom. The fourth-order valence-electron chi connectivity index (χ4n) is 6.17. The Bertz CT molecular complexity index is 848. The molecule has 0 saturated heterocycles. The summed E-state index contributed by atoms with van der Waals surface area (Å²) in [5.74, 6) is 2.64. The van der Waals surface area contributed by atoms with Crippen LogP contribution in [0.4, 0.5) is 0 Å². The molecule has 1 saturated carbocycles. The molecule has 2 aliphatic carbocycles. The van der Waals surface area contributed by atoms with E-state index in [2.05, 4.69) is 68.5 Å². The van der Waals surface area contributed by atoms with E-state index in [4.69, 9.17) is 0 Å². The number of benzene rings is 2. The lowest BCUT2D eigenvalue weighted by molar-refractivity contribution is 0.312. The van der Waals surface area contributed by atoms with Crippen molar-refractivity contribution >= 4 is 0 Å². The molecule has 0 heteroatoms.